The molecule has 0 spiro atoms. The highest BCUT2D eigenvalue weighted by Gasteiger charge is 2.47. The van der Waals surface area contributed by atoms with E-state index in [1.165, 1.54) is 16.7 Å². The molecule has 0 fully saturated rings. The fourth-order valence-corrected chi connectivity index (χ4v) is 15.1. The Bertz CT molecular complexity index is 5660. The fraction of sp³-hybridized carbons (Fsp3) is 0.215. The van der Waals surface area contributed by atoms with Crippen molar-refractivity contribution in [2.45, 2.75) is 131 Å². The van der Waals surface area contributed by atoms with Gasteiger partial charge in [-0.05, 0) is 183 Å². The Hall–Kier alpha value is -10.4. The molecule has 0 saturated heterocycles. The maximum Gasteiger partial charge on any atom is 0.252 e. The molecule has 2 aliphatic heterocycles. The quantitative estimate of drug-likeness (QED) is 0.142. The van der Waals surface area contributed by atoms with E-state index in [2.05, 4.69) is 320 Å². The first-order valence-corrected chi connectivity index (χ1v) is 34.4. The van der Waals surface area contributed by atoms with Crippen molar-refractivity contribution in [3.8, 4) is 67.4 Å². The van der Waals surface area contributed by atoms with Crippen molar-refractivity contribution in [3.05, 3.63) is 288 Å². The van der Waals surface area contributed by atoms with Crippen LogP contribution in [0, 0.1) is 11.3 Å². The first-order chi connectivity index (χ1) is 49.7. The first-order valence-electron chi connectivity index (χ1n) is 37.9. The molecule has 5 heteroatoms. The standard InChI is InChI=1S/C93H87BN4/c1-89(2,3)64-49-70(60-32-20-16-21-33-60)87(71(50-64)61-34-22-17-23-35-61)97-82-55-67(96-80-43-31-29-41-69(80)75-48-59(58-95)44-47-81(75)96)45-46-78(82)94-79-56-74(68-40-28-30-42-76(68)92(10,11)12)77(93(13,14)15)57-83(79)98(85-54-66(91(7,8)9)53-84(97)86(85)94)88-72(62-36-24-18-25-37-62)51-65(90(4,5)6)52-73(88)63-38-26-19-27-39-63/h16-57H,1-15H3/i29D,31D,41D,43D,44D,47D,48D. The highest BCUT2D eigenvalue weighted by molar-refractivity contribution is 7.00. The van der Waals surface area contributed by atoms with Crippen LogP contribution in [-0.4, -0.2) is 11.3 Å². The van der Waals surface area contributed by atoms with E-state index < -0.39 is 41.7 Å². The molecule has 0 unspecified atom stereocenters. The molecule has 0 atom stereocenters. The topological polar surface area (TPSA) is 35.2 Å². The minimum Gasteiger partial charge on any atom is -0.310 e. The van der Waals surface area contributed by atoms with Gasteiger partial charge < -0.3 is 14.4 Å². The third-order valence-electron chi connectivity index (χ3n) is 20.2. The Balaban J connectivity index is 1.21. The number of hydrogen-bond acceptors (Lipinski definition) is 3. The number of aromatic nitrogens is 1. The highest BCUT2D eigenvalue weighted by Crippen LogP contribution is 2.56. The summed E-state index contributed by atoms with van der Waals surface area (Å²) in [6, 6.07) is 76.8. The largest absolute Gasteiger partial charge is 0.310 e. The van der Waals surface area contributed by atoms with Gasteiger partial charge in [0, 0.05) is 61.5 Å². The van der Waals surface area contributed by atoms with Crippen molar-refractivity contribution >= 4 is 79.0 Å². The fourth-order valence-electron chi connectivity index (χ4n) is 15.1. The second-order valence-corrected chi connectivity index (χ2v) is 32.0. The number of fused-ring (bicyclic) bond motifs is 7. The van der Waals surface area contributed by atoms with Gasteiger partial charge in [-0.25, -0.2) is 0 Å². The Morgan fingerprint density at radius 3 is 1.24 bits per heavy atom. The number of nitrogens with zero attached hydrogens (tertiary/aromatic N) is 4. The van der Waals surface area contributed by atoms with Gasteiger partial charge in [-0.15, -0.1) is 0 Å². The lowest BCUT2D eigenvalue weighted by Gasteiger charge is -2.47. The van der Waals surface area contributed by atoms with Crippen LogP contribution < -0.4 is 26.2 Å². The Kier molecular flexibility index (Phi) is 13.3. The van der Waals surface area contributed by atoms with E-state index in [0.717, 1.165) is 117 Å². The van der Waals surface area contributed by atoms with Gasteiger partial charge in [-0.2, -0.15) is 5.26 Å². The predicted octanol–water partition coefficient (Wildman–Crippen LogP) is 23.6. The normalized spacial score (nSPS) is 14.2. The van der Waals surface area contributed by atoms with Crippen LogP contribution in [0.1, 0.15) is 147 Å². The van der Waals surface area contributed by atoms with Gasteiger partial charge in [0.05, 0.1) is 43.6 Å². The van der Waals surface area contributed by atoms with Crippen LogP contribution in [0.2, 0.25) is 0 Å². The van der Waals surface area contributed by atoms with Crippen LogP contribution in [0.4, 0.5) is 34.1 Å². The Labute approximate surface area is 591 Å². The highest BCUT2D eigenvalue weighted by atomic mass is 15.2. The Morgan fingerprint density at radius 2 is 0.786 bits per heavy atom. The lowest BCUT2D eigenvalue weighted by Crippen LogP contribution is -2.61. The summed E-state index contributed by atoms with van der Waals surface area (Å²) < 4.78 is 68.7. The van der Waals surface area contributed by atoms with Crippen LogP contribution >= 0.6 is 0 Å². The molecule has 0 N–H and O–H groups in total. The summed E-state index contributed by atoms with van der Waals surface area (Å²) in [5.41, 5.74) is 23.6. The van der Waals surface area contributed by atoms with E-state index in [1.807, 2.05) is 12.1 Å². The van der Waals surface area contributed by atoms with Crippen molar-refractivity contribution in [2.24, 2.45) is 0 Å². The smallest absolute Gasteiger partial charge is 0.252 e. The summed E-state index contributed by atoms with van der Waals surface area (Å²) in [6.45, 7) is 34.0. The zero-order chi connectivity index (χ0) is 74.6. The minimum absolute atomic E-state index is 0.000163. The van der Waals surface area contributed by atoms with Crippen molar-refractivity contribution in [1.29, 1.82) is 5.26 Å². The molecule has 15 rings (SSSR count). The van der Waals surface area contributed by atoms with E-state index in [-0.39, 0.29) is 61.7 Å². The number of benzene rings is 12. The molecule has 2 aliphatic rings. The van der Waals surface area contributed by atoms with E-state index in [0.29, 0.717) is 5.69 Å². The molecule has 12 aromatic carbocycles. The molecule has 13 aromatic rings. The lowest BCUT2D eigenvalue weighted by molar-refractivity contribution is 0.585. The average Bonchev–Trinajstić information content (AvgIpc) is 0.769. The van der Waals surface area contributed by atoms with Crippen LogP contribution in [0.3, 0.4) is 0 Å². The lowest BCUT2D eigenvalue weighted by atomic mass is 9.33. The molecule has 1 aromatic heterocycles. The third kappa shape index (κ3) is 10.9. The predicted molar refractivity (Wildman–Crippen MR) is 420 cm³/mol. The molecule has 98 heavy (non-hydrogen) atoms. The van der Waals surface area contributed by atoms with Gasteiger partial charge in [0.1, 0.15) is 0 Å². The second-order valence-electron chi connectivity index (χ2n) is 32.0. The monoisotopic (exact) mass is 1280 g/mol. The van der Waals surface area contributed by atoms with Crippen LogP contribution in [0.5, 0.6) is 0 Å². The number of rotatable bonds is 8. The average molecular weight is 1280 g/mol. The molecular weight excluding hydrogens is 1180 g/mol. The van der Waals surface area contributed by atoms with Crippen molar-refractivity contribution in [1.82, 2.24) is 4.57 Å². The van der Waals surface area contributed by atoms with Crippen molar-refractivity contribution in [3.63, 3.8) is 0 Å². The van der Waals surface area contributed by atoms with Gasteiger partial charge in [0.15, 0.2) is 0 Å². The maximum absolute atomic E-state index is 10.6. The summed E-state index contributed by atoms with van der Waals surface area (Å²) >= 11 is 0. The summed E-state index contributed by atoms with van der Waals surface area (Å²) in [4.78, 5) is 5.11. The molecule has 0 saturated carbocycles. The van der Waals surface area contributed by atoms with E-state index in [4.69, 9.17) is 1.37 Å². The first kappa shape index (κ1) is 55.7. The molecule has 4 nitrogen and oxygen atoms in total. The van der Waals surface area contributed by atoms with Gasteiger partial charge in [0.25, 0.3) is 6.71 Å². The minimum atomic E-state index is -0.508. The zero-order valence-corrected chi connectivity index (χ0v) is 59.1. The van der Waals surface area contributed by atoms with E-state index in [9.17, 15) is 13.5 Å². The van der Waals surface area contributed by atoms with Gasteiger partial charge in [0.2, 0.25) is 0 Å². The number of nitriles is 1. The molecule has 0 aliphatic carbocycles. The van der Waals surface area contributed by atoms with E-state index >= 15 is 0 Å². The summed E-state index contributed by atoms with van der Waals surface area (Å²) in [6.07, 6.45) is 0. The summed E-state index contributed by atoms with van der Waals surface area (Å²) in [7, 11) is 0. The van der Waals surface area contributed by atoms with Crippen LogP contribution in [-0.2, 0) is 27.1 Å². The SMILES string of the molecule is [2H]c1c([2H])c([2H])c2c(c1[2H])c1c([2H])c(C#N)c([2H])c([2H])c1n2-c1ccc2c(c1)N(c1c(-c3ccccc3)cc(C(C)(C)C)cc1-c1ccccc1)c1cc(C(C)(C)C)cc3c1B2c1cc(-c2ccccc2C(C)(C)C)c(C(C)(C)C)cc1N3c1c(-c2ccccc2)cc(C(C)(C)C)cc1-c1ccccc1. The maximum atomic E-state index is 10.6. The summed E-state index contributed by atoms with van der Waals surface area (Å²) in [5, 5.41) is 10.6. The Morgan fingerprint density at radius 1 is 0.357 bits per heavy atom. The number of para-hydroxylation sites is 1. The molecule has 0 radical (unpaired) electrons. The van der Waals surface area contributed by atoms with Gasteiger partial charge >= 0.3 is 0 Å². The molecule has 482 valence electrons. The number of anilines is 6. The van der Waals surface area contributed by atoms with Crippen molar-refractivity contribution in [2.75, 3.05) is 9.80 Å². The van der Waals surface area contributed by atoms with Gasteiger partial charge in [-0.3, -0.25) is 0 Å². The molecular formula is C93H87BN4. The van der Waals surface area contributed by atoms with Crippen molar-refractivity contribution < 1.29 is 9.60 Å². The van der Waals surface area contributed by atoms with Crippen LogP contribution in [0.15, 0.2) is 255 Å². The number of hydrogen-bond donors (Lipinski definition) is 0. The zero-order valence-electron chi connectivity index (χ0n) is 66.1. The van der Waals surface area contributed by atoms with E-state index in [1.54, 1.807) is 4.57 Å². The molecule has 3 heterocycles. The third-order valence-corrected chi connectivity index (χ3v) is 20.2. The van der Waals surface area contributed by atoms with Crippen LogP contribution in [0.25, 0.3) is 83.1 Å². The molecule has 0 bridgehead atoms. The second kappa shape index (κ2) is 23.4. The molecule has 0 amide bonds. The van der Waals surface area contributed by atoms with Gasteiger partial charge in [-0.1, -0.05) is 280 Å². The summed E-state index contributed by atoms with van der Waals surface area (Å²) in [5.74, 6) is 0.